The number of nitrogens with zero attached hydrogens (tertiary/aromatic N) is 1. The maximum atomic E-state index is 5.41. The Bertz CT molecular complexity index is 367. The standard InChI is InChI=1S/C11H14NO.3CH3.Sn/c1-2-6-12-11(3-1)9-10-4-7-13-8-5-10;;;;/h2-3,6,10H,4-5,7-9H2;3*1H3;. The average molecular weight is 340 g/mol. The van der Waals surface area contributed by atoms with E-state index in [2.05, 4.69) is 31.9 Å². The van der Waals surface area contributed by atoms with Gasteiger partial charge in [-0.05, 0) is 0 Å². The first-order chi connectivity index (χ1) is 8.05. The van der Waals surface area contributed by atoms with E-state index < -0.39 is 18.4 Å². The molecule has 0 saturated carbocycles. The van der Waals surface area contributed by atoms with E-state index in [1.54, 1.807) is 3.58 Å². The van der Waals surface area contributed by atoms with Crippen LogP contribution in [0, 0.1) is 5.92 Å². The molecule has 1 saturated heterocycles. The molecule has 1 aliphatic rings. The van der Waals surface area contributed by atoms with Gasteiger partial charge in [0, 0.05) is 0 Å². The van der Waals surface area contributed by atoms with Crippen LogP contribution >= 0.6 is 0 Å². The van der Waals surface area contributed by atoms with Crippen LogP contribution in [0.1, 0.15) is 18.5 Å². The molecule has 0 atom stereocenters. The number of ether oxygens (including phenoxy) is 1. The molecule has 0 N–H and O–H groups in total. The van der Waals surface area contributed by atoms with Gasteiger partial charge in [0.15, 0.2) is 0 Å². The Morgan fingerprint density at radius 1 is 1.29 bits per heavy atom. The van der Waals surface area contributed by atoms with Crippen LogP contribution < -0.4 is 3.58 Å². The third-order valence-electron chi connectivity index (χ3n) is 3.52. The molecule has 1 aromatic heterocycles. The van der Waals surface area contributed by atoms with Gasteiger partial charge in [-0.1, -0.05) is 0 Å². The molecule has 2 rings (SSSR count). The molecule has 2 nitrogen and oxygen atoms in total. The van der Waals surface area contributed by atoms with Gasteiger partial charge in [0.25, 0.3) is 0 Å². The maximum absolute atomic E-state index is 5.41. The van der Waals surface area contributed by atoms with Crippen molar-refractivity contribution >= 4 is 22.0 Å². The zero-order chi connectivity index (χ0) is 12.3. The van der Waals surface area contributed by atoms with Gasteiger partial charge < -0.3 is 0 Å². The van der Waals surface area contributed by atoms with Crippen LogP contribution in [-0.2, 0) is 11.2 Å². The zero-order valence-corrected chi connectivity index (χ0v) is 14.1. The second-order valence-electron chi connectivity index (χ2n) is 6.05. The normalized spacial score (nSPS) is 18.3. The second kappa shape index (κ2) is 5.70. The molecule has 0 aliphatic carbocycles. The topological polar surface area (TPSA) is 22.1 Å². The predicted molar refractivity (Wildman–Crippen MR) is 74.5 cm³/mol. The summed E-state index contributed by atoms with van der Waals surface area (Å²) in [5.74, 6) is 0.779. The van der Waals surface area contributed by atoms with Crippen molar-refractivity contribution in [1.29, 1.82) is 0 Å². The number of hydrogen-bond acceptors (Lipinski definition) is 2. The summed E-state index contributed by atoms with van der Waals surface area (Å²) in [4.78, 5) is 11.9. The molecule has 3 heteroatoms. The van der Waals surface area contributed by atoms with E-state index in [1.165, 1.54) is 18.5 Å². The van der Waals surface area contributed by atoms with Crippen LogP contribution in [0.5, 0.6) is 0 Å². The van der Waals surface area contributed by atoms with Gasteiger partial charge in [0.1, 0.15) is 0 Å². The van der Waals surface area contributed by atoms with Crippen molar-refractivity contribution in [3.05, 3.63) is 24.0 Å². The fraction of sp³-hybridized carbons (Fsp3) is 0.643. The number of pyridine rings is 1. The van der Waals surface area contributed by atoms with Crippen molar-refractivity contribution in [2.24, 2.45) is 5.92 Å². The SMILES string of the molecule is [CH3][Sn]([CH3])([CH3])[c]1ccnc(CC2CCOCC2)c1. The molecular weight excluding hydrogens is 317 g/mol. The molecule has 1 fully saturated rings. The molecule has 0 bridgehead atoms. The van der Waals surface area contributed by atoms with Crippen molar-refractivity contribution in [3.8, 4) is 0 Å². The van der Waals surface area contributed by atoms with Gasteiger partial charge in [-0.25, -0.2) is 0 Å². The summed E-state index contributed by atoms with van der Waals surface area (Å²) in [6.07, 6.45) is 5.54. The summed E-state index contributed by atoms with van der Waals surface area (Å²) >= 11 is -1.92. The summed E-state index contributed by atoms with van der Waals surface area (Å²) in [5, 5.41) is 0. The number of rotatable bonds is 3. The Morgan fingerprint density at radius 2 is 2.00 bits per heavy atom. The van der Waals surface area contributed by atoms with E-state index in [-0.39, 0.29) is 0 Å². The van der Waals surface area contributed by atoms with E-state index in [0.29, 0.717) is 0 Å². The summed E-state index contributed by atoms with van der Waals surface area (Å²) in [5.41, 5.74) is 1.29. The van der Waals surface area contributed by atoms with Crippen molar-refractivity contribution < 1.29 is 4.74 Å². The van der Waals surface area contributed by atoms with Crippen LogP contribution in [0.25, 0.3) is 0 Å². The Morgan fingerprint density at radius 3 is 2.65 bits per heavy atom. The number of hydrogen-bond donors (Lipinski definition) is 0. The van der Waals surface area contributed by atoms with Crippen LogP contribution in [0.2, 0.25) is 14.8 Å². The van der Waals surface area contributed by atoms with E-state index in [0.717, 1.165) is 25.6 Å². The summed E-state index contributed by atoms with van der Waals surface area (Å²) in [6.45, 7) is 1.87. The molecule has 0 unspecified atom stereocenters. The van der Waals surface area contributed by atoms with Crippen LogP contribution in [0.4, 0.5) is 0 Å². The third-order valence-corrected chi connectivity index (χ3v) is 9.35. The van der Waals surface area contributed by atoms with Crippen molar-refractivity contribution in [1.82, 2.24) is 4.98 Å². The van der Waals surface area contributed by atoms with Gasteiger partial charge in [-0.3, -0.25) is 0 Å². The monoisotopic (exact) mass is 341 g/mol. The van der Waals surface area contributed by atoms with E-state index in [9.17, 15) is 0 Å². The minimum atomic E-state index is -1.92. The Balaban J connectivity index is 2.05. The van der Waals surface area contributed by atoms with Crippen LogP contribution in [0.3, 0.4) is 0 Å². The first kappa shape index (κ1) is 13.3. The van der Waals surface area contributed by atoms with E-state index in [4.69, 9.17) is 4.74 Å². The fourth-order valence-corrected chi connectivity index (χ4v) is 5.65. The molecule has 0 spiro atoms. The first-order valence-electron chi connectivity index (χ1n) is 6.59. The second-order valence-corrected chi connectivity index (χ2v) is 20.5. The van der Waals surface area contributed by atoms with E-state index >= 15 is 0 Å². The van der Waals surface area contributed by atoms with Crippen LogP contribution in [-0.4, -0.2) is 36.6 Å². The molecular formula is C14H23NOSn. The summed E-state index contributed by atoms with van der Waals surface area (Å²) in [6, 6.07) is 4.59. The minimum absolute atomic E-state index is 0.779. The van der Waals surface area contributed by atoms with Gasteiger partial charge >= 0.3 is 109 Å². The fourth-order valence-electron chi connectivity index (χ4n) is 2.30. The predicted octanol–water partition coefficient (Wildman–Crippen LogP) is 2.60. The third kappa shape index (κ3) is 3.95. The van der Waals surface area contributed by atoms with Crippen molar-refractivity contribution in [2.45, 2.75) is 34.1 Å². The van der Waals surface area contributed by atoms with Crippen molar-refractivity contribution in [3.63, 3.8) is 0 Å². The molecule has 0 amide bonds. The summed E-state index contributed by atoms with van der Waals surface area (Å²) < 4.78 is 7.00. The Kier molecular flexibility index (Phi) is 4.47. The zero-order valence-electron chi connectivity index (χ0n) is 11.2. The Hall–Kier alpha value is -0.0913. The van der Waals surface area contributed by atoms with Crippen molar-refractivity contribution in [2.75, 3.05) is 13.2 Å². The summed E-state index contributed by atoms with van der Waals surface area (Å²) in [7, 11) is 0. The molecule has 0 aromatic carbocycles. The van der Waals surface area contributed by atoms with Gasteiger partial charge in [0.05, 0.1) is 0 Å². The quantitative estimate of drug-likeness (QED) is 0.790. The molecule has 1 aliphatic heterocycles. The van der Waals surface area contributed by atoms with E-state index in [1.807, 2.05) is 6.20 Å². The molecule has 1 aromatic rings. The molecule has 17 heavy (non-hydrogen) atoms. The first-order valence-corrected chi connectivity index (χ1v) is 16.6. The van der Waals surface area contributed by atoms with Gasteiger partial charge in [-0.2, -0.15) is 0 Å². The number of aromatic nitrogens is 1. The molecule has 94 valence electrons. The molecule has 0 radical (unpaired) electrons. The molecule has 2 heterocycles. The average Bonchev–Trinajstić information content (AvgIpc) is 2.29. The van der Waals surface area contributed by atoms with Gasteiger partial charge in [-0.15, -0.1) is 0 Å². The van der Waals surface area contributed by atoms with Crippen LogP contribution in [0.15, 0.2) is 18.3 Å². The van der Waals surface area contributed by atoms with Gasteiger partial charge in [0.2, 0.25) is 0 Å². The Labute approximate surface area is 109 Å².